The van der Waals surface area contributed by atoms with Gasteiger partial charge in [0, 0.05) is 11.6 Å². The van der Waals surface area contributed by atoms with Gasteiger partial charge in [0.2, 0.25) is 0 Å². The molecular formula is C16H20ClNO4. The van der Waals surface area contributed by atoms with Crippen LogP contribution in [0.2, 0.25) is 5.02 Å². The Bertz CT molecular complexity index is 523. The lowest BCUT2D eigenvalue weighted by Crippen LogP contribution is -2.43. The largest absolute Gasteiger partial charge is 0.453 e. The minimum atomic E-state index is -1.42. The first-order valence-electron chi connectivity index (χ1n) is 7.40. The highest BCUT2D eigenvalue weighted by Crippen LogP contribution is 2.28. The Hall–Kier alpha value is -1.59. The zero-order chi connectivity index (χ0) is 16.0. The fourth-order valence-electron chi connectivity index (χ4n) is 2.46. The Morgan fingerprint density at radius 3 is 2.45 bits per heavy atom. The van der Waals surface area contributed by atoms with E-state index < -0.39 is 17.5 Å². The molecule has 1 aliphatic carbocycles. The van der Waals surface area contributed by atoms with Crippen LogP contribution in [-0.4, -0.2) is 29.2 Å². The van der Waals surface area contributed by atoms with Crippen LogP contribution in [-0.2, 0) is 20.9 Å². The van der Waals surface area contributed by atoms with Gasteiger partial charge in [0.15, 0.2) is 12.2 Å². The highest BCUT2D eigenvalue weighted by molar-refractivity contribution is 6.30. The fraction of sp³-hybridized carbons (Fsp3) is 0.500. The first kappa shape index (κ1) is 16.8. The van der Waals surface area contributed by atoms with Gasteiger partial charge in [0.05, 0.1) is 0 Å². The first-order chi connectivity index (χ1) is 10.5. The lowest BCUT2D eigenvalue weighted by molar-refractivity contribution is -0.170. The standard InChI is InChI=1S/C16H20ClNO4/c17-13-6-4-12(5-7-13)10-18-14(19)11-22-15(20)16(21)8-2-1-3-9-16/h4-7,21H,1-3,8-11H2,(H,18,19). The molecule has 1 fully saturated rings. The average Bonchev–Trinajstić information content (AvgIpc) is 2.52. The molecule has 1 amide bonds. The van der Waals surface area contributed by atoms with Gasteiger partial charge >= 0.3 is 5.97 Å². The molecule has 6 heteroatoms. The van der Waals surface area contributed by atoms with Crippen molar-refractivity contribution >= 4 is 23.5 Å². The number of amides is 1. The van der Waals surface area contributed by atoms with Gasteiger partial charge < -0.3 is 15.2 Å². The maximum absolute atomic E-state index is 11.9. The number of ether oxygens (including phenoxy) is 1. The van der Waals surface area contributed by atoms with Crippen molar-refractivity contribution in [3.8, 4) is 0 Å². The normalized spacial score (nSPS) is 16.8. The van der Waals surface area contributed by atoms with Gasteiger partial charge in [-0.3, -0.25) is 4.79 Å². The third-order valence-corrected chi connectivity index (χ3v) is 4.05. The summed E-state index contributed by atoms with van der Waals surface area (Å²) in [7, 11) is 0. The molecule has 22 heavy (non-hydrogen) atoms. The molecule has 0 heterocycles. The zero-order valence-corrected chi connectivity index (χ0v) is 13.1. The number of benzene rings is 1. The summed E-state index contributed by atoms with van der Waals surface area (Å²) in [6.07, 6.45) is 3.41. The van der Waals surface area contributed by atoms with Gasteiger partial charge in [-0.15, -0.1) is 0 Å². The van der Waals surface area contributed by atoms with E-state index in [1.165, 1.54) is 0 Å². The topological polar surface area (TPSA) is 75.6 Å². The summed E-state index contributed by atoms with van der Waals surface area (Å²) in [6, 6.07) is 7.09. The molecule has 0 aliphatic heterocycles. The second kappa shape index (κ2) is 7.61. The monoisotopic (exact) mass is 325 g/mol. The molecular weight excluding hydrogens is 306 g/mol. The van der Waals surface area contributed by atoms with E-state index in [1.54, 1.807) is 24.3 Å². The fourth-order valence-corrected chi connectivity index (χ4v) is 2.59. The van der Waals surface area contributed by atoms with Gasteiger partial charge in [-0.25, -0.2) is 4.79 Å². The van der Waals surface area contributed by atoms with Crippen LogP contribution < -0.4 is 5.32 Å². The smallest absolute Gasteiger partial charge is 0.338 e. The predicted octanol–water partition coefficient (Wildman–Crippen LogP) is 2.19. The Morgan fingerprint density at radius 2 is 1.82 bits per heavy atom. The molecule has 120 valence electrons. The Kier molecular flexibility index (Phi) is 5.80. The summed E-state index contributed by atoms with van der Waals surface area (Å²) in [5.74, 6) is -1.10. The van der Waals surface area contributed by atoms with E-state index in [-0.39, 0.29) is 6.61 Å². The molecule has 0 saturated heterocycles. The zero-order valence-electron chi connectivity index (χ0n) is 12.3. The molecule has 1 aliphatic rings. The van der Waals surface area contributed by atoms with Gasteiger partial charge in [0.25, 0.3) is 5.91 Å². The lowest BCUT2D eigenvalue weighted by Gasteiger charge is -2.29. The third kappa shape index (κ3) is 4.71. The number of halogens is 1. The number of esters is 1. The molecule has 1 aromatic carbocycles. The van der Waals surface area contributed by atoms with E-state index in [9.17, 15) is 14.7 Å². The van der Waals surface area contributed by atoms with Crippen molar-refractivity contribution in [3.05, 3.63) is 34.9 Å². The van der Waals surface area contributed by atoms with Crippen LogP contribution in [0.5, 0.6) is 0 Å². The average molecular weight is 326 g/mol. The van der Waals surface area contributed by atoms with Crippen LogP contribution in [0.15, 0.2) is 24.3 Å². The van der Waals surface area contributed by atoms with Crippen molar-refractivity contribution in [3.63, 3.8) is 0 Å². The van der Waals surface area contributed by atoms with Crippen molar-refractivity contribution in [2.45, 2.75) is 44.2 Å². The maximum Gasteiger partial charge on any atom is 0.338 e. The molecule has 1 aromatic rings. The van der Waals surface area contributed by atoms with E-state index in [2.05, 4.69) is 5.32 Å². The number of nitrogens with one attached hydrogen (secondary N) is 1. The van der Waals surface area contributed by atoms with E-state index in [4.69, 9.17) is 16.3 Å². The number of hydrogen-bond acceptors (Lipinski definition) is 4. The molecule has 0 aromatic heterocycles. The van der Waals surface area contributed by atoms with Crippen LogP contribution in [0.25, 0.3) is 0 Å². The second-order valence-corrected chi connectivity index (χ2v) is 6.01. The lowest BCUT2D eigenvalue weighted by atomic mass is 9.85. The third-order valence-electron chi connectivity index (χ3n) is 3.80. The van der Waals surface area contributed by atoms with Crippen molar-refractivity contribution in [2.75, 3.05) is 6.61 Å². The summed E-state index contributed by atoms with van der Waals surface area (Å²) in [5, 5.41) is 13.4. The quantitative estimate of drug-likeness (QED) is 0.814. The Labute approximate surface area is 134 Å². The molecule has 2 rings (SSSR count). The number of rotatable bonds is 5. The van der Waals surface area contributed by atoms with Crippen molar-refractivity contribution in [2.24, 2.45) is 0 Å². The van der Waals surface area contributed by atoms with E-state index in [0.717, 1.165) is 24.8 Å². The van der Waals surface area contributed by atoms with Gasteiger partial charge in [-0.05, 0) is 43.4 Å². The molecule has 0 atom stereocenters. The Balaban J connectivity index is 1.73. The van der Waals surface area contributed by atoms with Gasteiger partial charge in [-0.2, -0.15) is 0 Å². The van der Waals surface area contributed by atoms with E-state index in [1.807, 2.05) is 0 Å². The molecule has 0 bridgehead atoms. The van der Waals surface area contributed by atoms with E-state index in [0.29, 0.717) is 24.4 Å². The first-order valence-corrected chi connectivity index (χ1v) is 7.78. The molecule has 0 unspecified atom stereocenters. The molecule has 0 spiro atoms. The summed E-state index contributed by atoms with van der Waals surface area (Å²) in [5.41, 5.74) is -0.524. The maximum atomic E-state index is 11.9. The minimum Gasteiger partial charge on any atom is -0.453 e. The molecule has 0 radical (unpaired) electrons. The predicted molar refractivity (Wildman–Crippen MR) is 82.3 cm³/mol. The summed E-state index contributed by atoms with van der Waals surface area (Å²) in [6.45, 7) is -0.0491. The van der Waals surface area contributed by atoms with Crippen LogP contribution in [0.1, 0.15) is 37.7 Å². The summed E-state index contributed by atoms with van der Waals surface area (Å²) >= 11 is 5.78. The van der Waals surface area contributed by atoms with Crippen LogP contribution in [0, 0.1) is 0 Å². The highest BCUT2D eigenvalue weighted by Gasteiger charge is 2.38. The van der Waals surface area contributed by atoms with Gasteiger partial charge in [0.1, 0.15) is 0 Å². The molecule has 5 nitrogen and oxygen atoms in total. The van der Waals surface area contributed by atoms with Crippen LogP contribution in [0.4, 0.5) is 0 Å². The van der Waals surface area contributed by atoms with Crippen molar-refractivity contribution in [1.29, 1.82) is 0 Å². The number of aliphatic hydroxyl groups is 1. The second-order valence-electron chi connectivity index (χ2n) is 5.57. The van der Waals surface area contributed by atoms with Crippen LogP contribution >= 0.6 is 11.6 Å². The van der Waals surface area contributed by atoms with Crippen molar-refractivity contribution < 1.29 is 19.4 Å². The van der Waals surface area contributed by atoms with Gasteiger partial charge in [-0.1, -0.05) is 30.2 Å². The number of carbonyl (C=O) groups is 2. The minimum absolute atomic E-state index is 0.331. The number of hydrogen-bond donors (Lipinski definition) is 2. The SMILES string of the molecule is O=C(COC(=O)C1(O)CCCCC1)NCc1ccc(Cl)cc1. The Morgan fingerprint density at radius 1 is 1.18 bits per heavy atom. The highest BCUT2D eigenvalue weighted by atomic mass is 35.5. The van der Waals surface area contributed by atoms with Crippen molar-refractivity contribution in [1.82, 2.24) is 5.32 Å². The molecule has 1 saturated carbocycles. The summed E-state index contributed by atoms with van der Waals surface area (Å²) < 4.78 is 4.93. The number of carbonyl (C=O) groups excluding carboxylic acids is 2. The molecule has 2 N–H and O–H groups in total. The van der Waals surface area contributed by atoms with E-state index >= 15 is 0 Å². The van der Waals surface area contributed by atoms with Crippen LogP contribution in [0.3, 0.4) is 0 Å². The summed E-state index contributed by atoms with van der Waals surface area (Å²) in [4.78, 5) is 23.5.